The summed E-state index contributed by atoms with van der Waals surface area (Å²) < 4.78 is 0. The molecule has 1 unspecified atom stereocenters. The van der Waals surface area contributed by atoms with Gasteiger partial charge in [0.05, 0.1) is 0 Å². The fourth-order valence-electron chi connectivity index (χ4n) is 1.20. The summed E-state index contributed by atoms with van der Waals surface area (Å²) in [7, 11) is 0. The third-order valence-corrected chi connectivity index (χ3v) is 2.28. The third-order valence-electron chi connectivity index (χ3n) is 2.28. The van der Waals surface area contributed by atoms with Crippen molar-refractivity contribution in [3.8, 4) is 0 Å². The van der Waals surface area contributed by atoms with E-state index in [2.05, 4.69) is 32.9 Å². The van der Waals surface area contributed by atoms with E-state index >= 15 is 0 Å². The summed E-state index contributed by atoms with van der Waals surface area (Å²) in [6.07, 6.45) is 9.33. The number of amides is 1. The van der Waals surface area contributed by atoms with Crippen LogP contribution in [0, 0.1) is 5.92 Å². The number of hydrogen-bond acceptors (Lipinski definition) is 1. The number of carbonyl (C=O) groups is 1. The Morgan fingerprint density at radius 2 is 2.07 bits per heavy atom. The van der Waals surface area contributed by atoms with Crippen molar-refractivity contribution >= 4 is 6.41 Å². The summed E-state index contributed by atoms with van der Waals surface area (Å²) in [5, 5.41) is 0. The molecule has 0 radical (unpaired) electrons. The highest BCUT2D eigenvalue weighted by Crippen LogP contribution is 2.09. The molecule has 0 aromatic heterocycles. The van der Waals surface area contributed by atoms with Crippen LogP contribution in [-0.2, 0) is 4.79 Å². The van der Waals surface area contributed by atoms with Crippen LogP contribution in [0.3, 0.4) is 0 Å². The molecule has 0 saturated heterocycles. The van der Waals surface area contributed by atoms with Crippen LogP contribution in [0.4, 0.5) is 0 Å². The van der Waals surface area contributed by atoms with E-state index < -0.39 is 0 Å². The van der Waals surface area contributed by atoms with Crippen molar-refractivity contribution in [2.45, 2.75) is 40.5 Å². The van der Waals surface area contributed by atoms with E-state index in [4.69, 9.17) is 0 Å². The molecule has 0 aliphatic carbocycles. The summed E-state index contributed by atoms with van der Waals surface area (Å²) in [6.45, 7) is 9.11. The van der Waals surface area contributed by atoms with E-state index in [-0.39, 0.29) is 0 Å². The van der Waals surface area contributed by atoms with Gasteiger partial charge in [0.15, 0.2) is 0 Å². The lowest BCUT2D eigenvalue weighted by molar-refractivity contribution is -0.115. The average Bonchev–Trinajstić information content (AvgIpc) is 2.18. The maximum absolute atomic E-state index is 10.5. The zero-order valence-corrected chi connectivity index (χ0v) is 10.4. The van der Waals surface area contributed by atoms with Gasteiger partial charge in [-0.2, -0.15) is 0 Å². The first-order valence-electron chi connectivity index (χ1n) is 5.62. The Labute approximate surface area is 93.7 Å². The van der Waals surface area contributed by atoms with E-state index in [1.165, 1.54) is 5.57 Å². The first kappa shape index (κ1) is 13.9. The summed E-state index contributed by atoms with van der Waals surface area (Å²) in [6, 6.07) is 0. The third kappa shape index (κ3) is 7.98. The Balaban J connectivity index is 3.86. The van der Waals surface area contributed by atoms with Gasteiger partial charge in [0.1, 0.15) is 0 Å². The van der Waals surface area contributed by atoms with E-state index in [1.54, 1.807) is 4.90 Å². The zero-order chi connectivity index (χ0) is 11.7. The Morgan fingerprint density at radius 1 is 1.40 bits per heavy atom. The molecule has 0 aliphatic heterocycles. The molecule has 2 heteroatoms. The molecule has 2 nitrogen and oxygen atoms in total. The molecule has 0 rings (SSSR count). The molecule has 0 bridgehead atoms. The van der Waals surface area contributed by atoms with Gasteiger partial charge in [-0.05, 0) is 39.5 Å². The van der Waals surface area contributed by atoms with Gasteiger partial charge >= 0.3 is 0 Å². The smallest absolute Gasteiger partial charge is 0.213 e. The molecule has 1 atom stereocenters. The van der Waals surface area contributed by atoms with Gasteiger partial charge in [-0.1, -0.05) is 24.6 Å². The van der Waals surface area contributed by atoms with Gasteiger partial charge in [0.25, 0.3) is 0 Å². The minimum absolute atomic E-state index is 0.523. The predicted molar refractivity (Wildman–Crippen MR) is 65.4 cm³/mol. The molecule has 0 heterocycles. The number of nitrogens with zero attached hydrogens (tertiary/aromatic N) is 1. The van der Waals surface area contributed by atoms with Gasteiger partial charge in [-0.15, -0.1) is 0 Å². The molecule has 15 heavy (non-hydrogen) atoms. The summed E-state index contributed by atoms with van der Waals surface area (Å²) in [4.78, 5) is 12.2. The van der Waals surface area contributed by atoms with Crippen LogP contribution in [0.1, 0.15) is 40.5 Å². The lowest BCUT2D eigenvalue weighted by Gasteiger charge is -2.09. The summed E-state index contributed by atoms with van der Waals surface area (Å²) >= 11 is 0. The molecule has 0 aromatic carbocycles. The van der Waals surface area contributed by atoms with E-state index in [1.807, 2.05) is 13.1 Å². The van der Waals surface area contributed by atoms with Gasteiger partial charge in [-0.3, -0.25) is 4.79 Å². The second-order valence-electron chi connectivity index (χ2n) is 4.11. The van der Waals surface area contributed by atoms with Gasteiger partial charge in [-0.25, -0.2) is 0 Å². The quantitative estimate of drug-likeness (QED) is 0.465. The van der Waals surface area contributed by atoms with Crippen LogP contribution in [0.5, 0.6) is 0 Å². The monoisotopic (exact) mass is 209 g/mol. The fourth-order valence-corrected chi connectivity index (χ4v) is 1.20. The van der Waals surface area contributed by atoms with Crippen molar-refractivity contribution in [2.24, 2.45) is 5.92 Å². The van der Waals surface area contributed by atoms with Crippen molar-refractivity contribution in [1.29, 1.82) is 0 Å². The van der Waals surface area contributed by atoms with Crippen molar-refractivity contribution in [3.63, 3.8) is 0 Å². The van der Waals surface area contributed by atoms with Crippen molar-refractivity contribution in [1.82, 2.24) is 4.90 Å². The lowest BCUT2D eigenvalue weighted by Crippen LogP contribution is -2.13. The second-order valence-corrected chi connectivity index (χ2v) is 4.11. The number of rotatable bonds is 7. The van der Waals surface area contributed by atoms with Crippen LogP contribution in [0.2, 0.25) is 0 Å². The van der Waals surface area contributed by atoms with Crippen LogP contribution in [0.15, 0.2) is 23.9 Å². The van der Waals surface area contributed by atoms with Crippen molar-refractivity contribution in [2.75, 3.05) is 6.54 Å². The number of hydrogen-bond donors (Lipinski definition) is 0. The number of allylic oxidation sites excluding steroid dienone is 3. The van der Waals surface area contributed by atoms with Gasteiger partial charge in [0.2, 0.25) is 6.41 Å². The van der Waals surface area contributed by atoms with Crippen molar-refractivity contribution < 1.29 is 4.79 Å². The summed E-state index contributed by atoms with van der Waals surface area (Å²) in [5.74, 6) is 0.523. The minimum Gasteiger partial charge on any atom is -0.322 e. The van der Waals surface area contributed by atoms with Crippen LogP contribution in [0.25, 0.3) is 0 Å². The number of carbonyl (C=O) groups excluding carboxylic acids is 1. The molecule has 0 saturated carbocycles. The molecule has 0 fully saturated rings. The lowest BCUT2D eigenvalue weighted by atomic mass is 10.0. The Kier molecular flexibility index (Phi) is 7.69. The zero-order valence-electron chi connectivity index (χ0n) is 10.4. The predicted octanol–water partition coefficient (Wildman–Crippen LogP) is 3.36. The normalized spacial score (nSPS) is 12.5. The maximum Gasteiger partial charge on any atom is 0.213 e. The summed E-state index contributed by atoms with van der Waals surface area (Å²) in [5.41, 5.74) is 1.37. The van der Waals surface area contributed by atoms with E-state index in [0.29, 0.717) is 5.92 Å². The Morgan fingerprint density at radius 3 is 2.53 bits per heavy atom. The Bertz CT molecular complexity index is 227. The standard InChI is InChI=1S/C13H23NO/c1-5-14(11-15)10-9-13(4)8-6-7-12(2)3/h7,9-11,13H,5-6,8H2,1-4H3/b10-9+. The van der Waals surface area contributed by atoms with E-state index in [0.717, 1.165) is 25.8 Å². The highest BCUT2D eigenvalue weighted by molar-refractivity contribution is 5.48. The van der Waals surface area contributed by atoms with Crippen LogP contribution in [-0.4, -0.2) is 17.9 Å². The molecule has 1 amide bonds. The molecular weight excluding hydrogens is 186 g/mol. The average molecular weight is 209 g/mol. The topological polar surface area (TPSA) is 20.3 Å². The maximum atomic E-state index is 10.5. The highest BCUT2D eigenvalue weighted by Gasteiger charge is 1.96. The Hall–Kier alpha value is -1.05. The SMILES string of the molecule is CCN(C=O)/C=C/C(C)CCC=C(C)C. The highest BCUT2D eigenvalue weighted by atomic mass is 16.1. The van der Waals surface area contributed by atoms with E-state index in [9.17, 15) is 4.79 Å². The molecule has 0 aliphatic rings. The first-order chi connectivity index (χ1) is 7.10. The van der Waals surface area contributed by atoms with Crippen LogP contribution < -0.4 is 0 Å². The molecule has 86 valence electrons. The molecule has 0 aromatic rings. The fraction of sp³-hybridized carbons (Fsp3) is 0.615. The van der Waals surface area contributed by atoms with Crippen molar-refractivity contribution in [3.05, 3.63) is 23.9 Å². The van der Waals surface area contributed by atoms with Gasteiger partial charge < -0.3 is 4.90 Å². The molecular formula is C13H23NO. The molecule has 0 N–H and O–H groups in total. The largest absolute Gasteiger partial charge is 0.322 e. The van der Waals surface area contributed by atoms with Gasteiger partial charge in [0, 0.05) is 12.7 Å². The first-order valence-corrected chi connectivity index (χ1v) is 5.62. The second kappa shape index (κ2) is 8.27. The molecule has 0 spiro atoms. The minimum atomic E-state index is 0.523. The van der Waals surface area contributed by atoms with Crippen LogP contribution >= 0.6 is 0 Å².